The van der Waals surface area contributed by atoms with Crippen molar-refractivity contribution >= 4 is 17.7 Å². The lowest BCUT2D eigenvalue weighted by molar-refractivity contribution is -0.144. The van der Waals surface area contributed by atoms with Crippen molar-refractivity contribution in [2.45, 2.75) is 6.92 Å². The highest BCUT2D eigenvalue weighted by Crippen LogP contribution is 2.26. The van der Waals surface area contributed by atoms with E-state index in [1.54, 1.807) is 30.2 Å². The fourth-order valence-electron chi connectivity index (χ4n) is 2.17. The number of pyridine rings is 1. The molecule has 0 bridgehead atoms. The van der Waals surface area contributed by atoms with E-state index >= 15 is 0 Å². The molecule has 1 atom stereocenters. The second-order valence-corrected chi connectivity index (χ2v) is 5.39. The normalized spacial score (nSPS) is 16.4. The van der Waals surface area contributed by atoms with Crippen molar-refractivity contribution in [2.24, 2.45) is 11.8 Å². The van der Waals surface area contributed by atoms with Crippen LogP contribution in [-0.2, 0) is 4.79 Å². The Labute approximate surface area is 118 Å². The van der Waals surface area contributed by atoms with Crippen molar-refractivity contribution in [3.8, 4) is 0 Å². The number of carboxylic acid groups (broad SMARTS) is 1. The third kappa shape index (κ3) is 2.74. The van der Waals surface area contributed by atoms with Crippen LogP contribution >= 0.6 is 0 Å². The molecule has 0 radical (unpaired) electrons. The molecule has 0 aliphatic carbocycles. The minimum atomic E-state index is -0.805. The molecule has 1 saturated heterocycles. The van der Waals surface area contributed by atoms with Crippen LogP contribution in [0.25, 0.3) is 0 Å². The van der Waals surface area contributed by atoms with Crippen molar-refractivity contribution in [1.82, 2.24) is 9.88 Å². The first kappa shape index (κ1) is 14.3. The number of nitrogens with zero attached hydrogens (tertiary/aromatic N) is 3. The van der Waals surface area contributed by atoms with Gasteiger partial charge in [0.15, 0.2) is 0 Å². The maximum Gasteiger partial charge on any atom is 0.306 e. The van der Waals surface area contributed by atoms with Gasteiger partial charge in [0, 0.05) is 44.9 Å². The molecule has 1 aromatic rings. The van der Waals surface area contributed by atoms with Gasteiger partial charge in [0.2, 0.25) is 0 Å². The predicted molar refractivity (Wildman–Crippen MR) is 74.8 cm³/mol. The molecule has 1 N–H and O–H groups in total. The summed E-state index contributed by atoms with van der Waals surface area (Å²) in [7, 11) is 3.73. The first-order valence-corrected chi connectivity index (χ1v) is 6.55. The van der Waals surface area contributed by atoms with E-state index in [0.29, 0.717) is 18.7 Å². The van der Waals surface area contributed by atoms with Gasteiger partial charge in [-0.05, 0) is 12.1 Å². The number of carbonyl (C=O) groups is 2. The summed E-state index contributed by atoms with van der Waals surface area (Å²) in [5.41, 5.74) is 0.588. The minimum Gasteiger partial charge on any atom is -0.481 e. The van der Waals surface area contributed by atoms with Crippen molar-refractivity contribution < 1.29 is 14.7 Å². The van der Waals surface area contributed by atoms with Gasteiger partial charge in [0.05, 0.1) is 5.92 Å². The van der Waals surface area contributed by atoms with Gasteiger partial charge in [-0.3, -0.25) is 9.59 Å². The molecular weight excluding hydrogens is 258 g/mol. The van der Waals surface area contributed by atoms with Crippen LogP contribution in [0.2, 0.25) is 0 Å². The predicted octanol–water partition coefficient (Wildman–Crippen LogP) is 0.940. The zero-order chi connectivity index (χ0) is 14.9. The van der Waals surface area contributed by atoms with Gasteiger partial charge in [-0.25, -0.2) is 4.98 Å². The number of aromatic nitrogens is 1. The summed E-state index contributed by atoms with van der Waals surface area (Å²) in [6.45, 7) is 2.70. The van der Waals surface area contributed by atoms with E-state index in [1.165, 1.54) is 0 Å². The molecule has 1 aromatic heterocycles. The van der Waals surface area contributed by atoms with Crippen LogP contribution < -0.4 is 4.90 Å². The maximum atomic E-state index is 12.3. The number of rotatable bonds is 4. The van der Waals surface area contributed by atoms with Gasteiger partial charge >= 0.3 is 5.97 Å². The number of aliphatic carboxylic acids is 1. The molecule has 6 nitrogen and oxygen atoms in total. The van der Waals surface area contributed by atoms with Crippen LogP contribution in [0.4, 0.5) is 5.82 Å². The largest absolute Gasteiger partial charge is 0.481 e. The Morgan fingerprint density at radius 3 is 2.65 bits per heavy atom. The Kier molecular flexibility index (Phi) is 3.92. The van der Waals surface area contributed by atoms with Crippen LogP contribution in [0.1, 0.15) is 17.3 Å². The Morgan fingerprint density at radius 1 is 1.45 bits per heavy atom. The first-order valence-electron chi connectivity index (χ1n) is 6.55. The fraction of sp³-hybridized carbons (Fsp3) is 0.500. The summed E-state index contributed by atoms with van der Waals surface area (Å²) < 4.78 is 0. The number of hydrogen-bond acceptors (Lipinski definition) is 4. The lowest BCUT2D eigenvalue weighted by Crippen LogP contribution is -2.53. The highest BCUT2D eigenvalue weighted by molar-refractivity contribution is 5.95. The molecule has 1 fully saturated rings. The number of carbonyl (C=O) groups excluding carboxylic acids is 1. The Hall–Kier alpha value is -2.11. The number of likely N-dealkylation sites (tertiary alicyclic amines) is 1. The number of hydrogen-bond donors (Lipinski definition) is 1. The molecule has 1 aliphatic heterocycles. The van der Waals surface area contributed by atoms with Crippen molar-refractivity contribution in [1.29, 1.82) is 0 Å². The molecule has 6 heteroatoms. The van der Waals surface area contributed by atoms with E-state index in [1.807, 2.05) is 19.0 Å². The molecule has 0 saturated carbocycles. The second kappa shape index (κ2) is 5.48. The van der Waals surface area contributed by atoms with Gasteiger partial charge in [-0.1, -0.05) is 6.92 Å². The van der Waals surface area contributed by atoms with Gasteiger partial charge < -0.3 is 14.9 Å². The average Bonchev–Trinajstić information content (AvgIpc) is 2.36. The van der Waals surface area contributed by atoms with Crippen molar-refractivity contribution in [2.75, 3.05) is 32.1 Å². The molecule has 2 rings (SSSR count). The lowest BCUT2D eigenvalue weighted by Gasteiger charge is -2.41. The summed E-state index contributed by atoms with van der Waals surface area (Å²) in [6, 6.07) is 3.43. The molecule has 0 aromatic carbocycles. The zero-order valence-electron chi connectivity index (χ0n) is 11.9. The van der Waals surface area contributed by atoms with E-state index in [2.05, 4.69) is 4.98 Å². The number of carboxylic acids is 1. The molecule has 108 valence electrons. The van der Waals surface area contributed by atoms with Gasteiger partial charge in [0.25, 0.3) is 5.91 Å². The van der Waals surface area contributed by atoms with Gasteiger partial charge in [0.1, 0.15) is 5.82 Å². The first-order chi connectivity index (χ1) is 9.40. The minimum absolute atomic E-state index is 0.0478. The lowest BCUT2D eigenvalue weighted by atomic mass is 9.86. The summed E-state index contributed by atoms with van der Waals surface area (Å²) in [4.78, 5) is 30.8. The van der Waals surface area contributed by atoms with Crippen LogP contribution in [0.15, 0.2) is 18.3 Å². The third-order valence-corrected chi connectivity index (χ3v) is 3.74. The molecule has 1 aliphatic rings. The Bertz CT molecular complexity index is 524. The number of anilines is 1. The van der Waals surface area contributed by atoms with Crippen molar-refractivity contribution in [3.05, 3.63) is 23.9 Å². The Morgan fingerprint density at radius 2 is 2.10 bits per heavy atom. The standard InChI is InChI=1S/C14H19N3O3/c1-9(14(19)20)11-7-17(8-11)13(18)10-4-5-15-12(6-10)16(2)3/h4-6,9,11H,7-8H2,1-3H3,(H,19,20). The molecule has 2 heterocycles. The summed E-state index contributed by atoms with van der Waals surface area (Å²) in [6.07, 6.45) is 1.61. The summed E-state index contributed by atoms with van der Waals surface area (Å²) >= 11 is 0. The highest BCUT2D eigenvalue weighted by atomic mass is 16.4. The summed E-state index contributed by atoms with van der Waals surface area (Å²) in [5, 5.41) is 8.94. The van der Waals surface area contributed by atoms with E-state index in [4.69, 9.17) is 5.11 Å². The van der Waals surface area contributed by atoms with Crippen LogP contribution in [0.3, 0.4) is 0 Å². The van der Waals surface area contributed by atoms with E-state index in [0.717, 1.165) is 5.82 Å². The van der Waals surface area contributed by atoms with Gasteiger partial charge in [-0.2, -0.15) is 0 Å². The average molecular weight is 277 g/mol. The molecular formula is C14H19N3O3. The monoisotopic (exact) mass is 277 g/mol. The molecule has 1 amide bonds. The molecule has 20 heavy (non-hydrogen) atoms. The smallest absolute Gasteiger partial charge is 0.306 e. The maximum absolute atomic E-state index is 12.3. The Balaban J connectivity index is 2.00. The van der Waals surface area contributed by atoms with E-state index in [9.17, 15) is 9.59 Å². The van der Waals surface area contributed by atoms with E-state index < -0.39 is 11.9 Å². The quantitative estimate of drug-likeness (QED) is 0.886. The highest BCUT2D eigenvalue weighted by Gasteiger charge is 2.37. The van der Waals surface area contributed by atoms with Crippen LogP contribution in [-0.4, -0.2) is 54.1 Å². The second-order valence-electron chi connectivity index (χ2n) is 5.39. The van der Waals surface area contributed by atoms with Crippen molar-refractivity contribution in [3.63, 3.8) is 0 Å². The SMILES string of the molecule is CC(C(=O)O)C1CN(C(=O)c2ccnc(N(C)C)c2)C1. The topological polar surface area (TPSA) is 73.7 Å². The number of amides is 1. The van der Waals surface area contributed by atoms with E-state index in [-0.39, 0.29) is 11.8 Å². The zero-order valence-corrected chi connectivity index (χ0v) is 11.9. The van der Waals surface area contributed by atoms with Gasteiger partial charge in [-0.15, -0.1) is 0 Å². The molecule has 1 unspecified atom stereocenters. The van der Waals surface area contributed by atoms with Crippen LogP contribution in [0.5, 0.6) is 0 Å². The van der Waals surface area contributed by atoms with Crippen LogP contribution in [0, 0.1) is 11.8 Å². The third-order valence-electron chi connectivity index (χ3n) is 3.74. The molecule has 0 spiro atoms. The summed E-state index contributed by atoms with van der Waals surface area (Å²) in [5.74, 6) is -0.502. The fourth-order valence-corrected chi connectivity index (χ4v) is 2.17.